The Hall–Kier alpha value is -0.410. The van der Waals surface area contributed by atoms with Gasteiger partial charge in [-0.15, -0.1) is 0 Å². The molecule has 1 heterocycles. The standard InChI is InChI=1S/C18H25BrN2/c19-16-4-15(10-21-11-16)5-17(20)9-18-6-12-1-13(7-18)3-14(2-12)8-18/h4,10-14,17H,1-3,5-9,20H2. The molecule has 5 rings (SSSR count). The SMILES string of the molecule is NC(Cc1cncc(Br)c1)CC12CC3CC(CC(C3)C1)C2. The molecule has 0 aliphatic heterocycles. The van der Waals surface area contributed by atoms with Crippen molar-refractivity contribution >= 4 is 15.9 Å². The summed E-state index contributed by atoms with van der Waals surface area (Å²) in [4.78, 5) is 4.26. The summed E-state index contributed by atoms with van der Waals surface area (Å²) in [5.41, 5.74) is 8.39. The zero-order valence-corrected chi connectivity index (χ0v) is 14.2. The molecule has 1 unspecified atom stereocenters. The van der Waals surface area contributed by atoms with Crippen molar-refractivity contribution in [1.29, 1.82) is 0 Å². The van der Waals surface area contributed by atoms with Crippen LogP contribution in [0.1, 0.15) is 50.5 Å². The molecule has 4 bridgehead atoms. The smallest absolute Gasteiger partial charge is 0.0410 e. The summed E-state index contributed by atoms with van der Waals surface area (Å²) in [7, 11) is 0. The number of aromatic nitrogens is 1. The monoisotopic (exact) mass is 348 g/mol. The Morgan fingerprint density at radius 2 is 1.76 bits per heavy atom. The maximum atomic E-state index is 6.53. The number of halogens is 1. The van der Waals surface area contributed by atoms with Gasteiger partial charge >= 0.3 is 0 Å². The van der Waals surface area contributed by atoms with E-state index in [9.17, 15) is 0 Å². The predicted octanol–water partition coefficient (Wildman–Crippen LogP) is 4.32. The van der Waals surface area contributed by atoms with Crippen LogP contribution in [0.25, 0.3) is 0 Å². The van der Waals surface area contributed by atoms with E-state index in [-0.39, 0.29) is 6.04 Å². The molecule has 4 fully saturated rings. The molecule has 0 radical (unpaired) electrons. The van der Waals surface area contributed by atoms with Crippen LogP contribution >= 0.6 is 15.9 Å². The molecule has 4 aliphatic carbocycles. The minimum absolute atomic E-state index is 0.289. The van der Waals surface area contributed by atoms with Crippen LogP contribution in [0.2, 0.25) is 0 Å². The highest BCUT2D eigenvalue weighted by Gasteiger charge is 2.50. The van der Waals surface area contributed by atoms with Gasteiger partial charge in [0.1, 0.15) is 0 Å². The lowest BCUT2D eigenvalue weighted by Gasteiger charge is -2.57. The fourth-order valence-corrected chi connectivity index (χ4v) is 6.45. The summed E-state index contributed by atoms with van der Waals surface area (Å²) in [6.07, 6.45) is 14.9. The van der Waals surface area contributed by atoms with Crippen LogP contribution in [0, 0.1) is 23.2 Å². The Bertz CT molecular complexity index is 492. The topological polar surface area (TPSA) is 38.9 Å². The largest absolute Gasteiger partial charge is 0.327 e. The quantitative estimate of drug-likeness (QED) is 0.879. The molecular formula is C18H25BrN2. The van der Waals surface area contributed by atoms with Gasteiger partial charge in [-0.1, -0.05) is 0 Å². The van der Waals surface area contributed by atoms with Crippen molar-refractivity contribution in [2.45, 2.75) is 57.4 Å². The number of hydrogen-bond donors (Lipinski definition) is 1. The predicted molar refractivity (Wildman–Crippen MR) is 88.8 cm³/mol. The number of hydrogen-bond acceptors (Lipinski definition) is 2. The Labute approximate surface area is 136 Å². The first-order chi connectivity index (χ1) is 10.1. The number of rotatable bonds is 4. The fraction of sp³-hybridized carbons (Fsp3) is 0.722. The highest BCUT2D eigenvalue weighted by Crippen LogP contribution is 2.61. The Morgan fingerprint density at radius 1 is 1.14 bits per heavy atom. The van der Waals surface area contributed by atoms with Crippen molar-refractivity contribution in [2.24, 2.45) is 28.9 Å². The molecule has 2 nitrogen and oxygen atoms in total. The van der Waals surface area contributed by atoms with E-state index < -0.39 is 0 Å². The first-order valence-corrected chi connectivity index (χ1v) is 9.24. The van der Waals surface area contributed by atoms with Gasteiger partial charge in [0.05, 0.1) is 0 Å². The van der Waals surface area contributed by atoms with E-state index in [0.29, 0.717) is 5.41 Å². The van der Waals surface area contributed by atoms with E-state index in [0.717, 1.165) is 28.6 Å². The second kappa shape index (κ2) is 5.34. The van der Waals surface area contributed by atoms with Crippen molar-refractivity contribution in [3.8, 4) is 0 Å². The van der Waals surface area contributed by atoms with Crippen LogP contribution in [0.5, 0.6) is 0 Å². The second-order valence-electron chi connectivity index (χ2n) is 8.10. The van der Waals surface area contributed by atoms with Crippen molar-refractivity contribution in [3.05, 3.63) is 28.5 Å². The van der Waals surface area contributed by atoms with Gasteiger partial charge < -0.3 is 5.73 Å². The van der Waals surface area contributed by atoms with Crippen LogP contribution in [0.3, 0.4) is 0 Å². The minimum Gasteiger partial charge on any atom is -0.327 e. The molecule has 4 saturated carbocycles. The van der Waals surface area contributed by atoms with Crippen LogP contribution in [-0.4, -0.2) is 11.0 Å². The molecule has 2 N–H and O–H groups in total. The average Bonchev–Trinajstić information content (AvgIpc) is 2.35. The minimum atomic E-state index is 0.289. The maximum absolute atomic E-state index is 6.53. The molecule has 1 atom stereocenters. The molecule has 0 aromatic carbocycles. The van der Waals surface area contributed by atoms with Gasteiger partial charge in [-0.25, -0.2) is 0 Å². The number of nitrogens with zero attached hydrogens (tertiary/aromatic N) is 1. The van der Waals surface area contributed by atoms with E-state index in [1.165, 1.54) is 50.5 Å². The molecule has 0 saturated heterocycles. The highest BCUT2D eigenvalue weighted by molar-refractivity contribution is 9.10. The van der Waals surface area contributed by atoms with Crippen molar-refractivity contribution < 1.29 is 0 Å². The molecule has 1 aromatic heterocycles. The van der Waals surface area contributed by atoms with Crippen molar-refractivity contribution in [1.82, 2.24) is 4.98 Å². The lowest BCUT2D eigenvalue weighted by Crippen LogP contribution is -2.48. The molecule has 3 heteroatoms. The molecule has 114 valence electrons. The second-order valence-corrected chi connectivity index (χ2v) is 9.01. The van der Waals surface area contributed by atoms with Gasteiger partial charge in [0.25, 0.3) is 0 Å². The number of nitrogens with two attached hydrogens (primary N) is 1. The van der Waals surface area contributed by atoms with Gasteiger partial charge in [0.2, 0.25) is 0 Å². The Kier molecular flexibility index (Phi) is 3.61. The fourth-order valence-electron chi connectivity index (χ4n) is 6.04. The van der Waals surface area contributed by atoms with E-state index in [1.807, 2.05) is 12.4 Å². The molecule has 4 aliphatic rings. The zero-order valence-electron chi connectivity index (χ0n) is 12.6. The average molecular weight is 349 g/mol. The normalized spacial score (nSPS) is 38.7. The van der Waals surface area contributed by atoms with Crippen LogP contribution in [-0.2, 0) is 6.42 Å². The molecule has 1 aromatic rings. The molecule has 0 spiro atoms. The number of pyridine rings is 1. The van der Waals surface area contributed by atoms with Gasteiger partial charge in [0, 0.05) is 22.9 Å². The summed E-state index contributed by atoms with van der Waals surface area (Å²) in [5.74, 6) is 3.07. The van der Waals surface area contributed by atoms with Crippen LogP contribution in [0.4, 0.5) is 0 Å². The third-order valence-corrected chi connectivity index (χ3v) is 6.55. The van der Waals surface area contributed by atoms with E-state index in [4.69, 9.17) is 5.73 Å². The first-order valence-electron chi connectivity index (χ1n) is 8.45. The summed E-state index contributed by atoms with van der Waals surface area (Å²) in [6, 6.07) is 2.45. The summed E-state index contributed by atoms with van der Waals surface area (Å²) in [6.45, 7) is 0. The van der Waals surface area contributed by atoms with E-state index in [1.54, 1.807) is 0 Å². The molecular weight excluding hydrogens is 324 g/mol. The van der Waals surface area contributed by atoms with Gasteiger partial charge in [0.15, 0.2) is 0 Å². The van der Waals surface area contributed by atoms with Gasteiger partial charge in [-0.2, -0.15) is 0 Å². The van der Waals surface area contributed by atoms with Crippen molar-refractivity contribution in [3.63, 3.8) is 0 Å². The first kappa shape index (κ1) is 14.2. The maximum Gasteiger partial charge on any atom is 0.0410 e. The molecule has 21 heavy (non-hydrogen) atoms. The third kappa shape index (κ3) is 2.92. The zero-order chi connectivity index (χ0) is 14.4. The molecule has 0 amide bonds. The van der Waals surface area contributed by atoms with E-state index in [2.05, 4.69) is 27.0 Å². The summed E-state index contributed by atoms with van der Waals surface area (Å²) in [5, 5.41) is 0. The van der Waals surface area contributed by atoms with E-state index >= 15 is 0 Å². The van der Waals surface area contributed by atoms with Gasteiger partial charge in [-0.05, 0) is 102 Å². The lowest BCUT2D eigenvalue weighted by atomic mass is 9.48. The van der Waals surface area contributed by atoms with Crippen LogP contribution < -0.4 is 5.73 Å². The van der Waals surface area contributed by atoms with Gasteiger partial charge in [-0.3, -0.25) is 4.98 Å². The Morgan fingerprint density at radius 3 is 2.33 bits per heavy atom. The van der Waals surface area contributed by atoms with Crippen LogP contribution in [0.15, 0.2) is 22.9 Å². The van der Waals surface area contributed by atoms with Crippen molar-refractivity contribution in [2.75, 3.05) is 0 Å². The third-order valence-electron chi connectivity index (χ3n) is 6.12. The summed E-state index contributed by atoms with van der Waals surface area (Å²) < 4.78 is 1.06. The highest BCUT2D eigenvalue weighted by atomic mass is 79.9. The lowest BCUT2D eigenvalue weighted by molar-refractivity contribution is -0.0602. The Balaban J connectivity index is 1.43. The summed E-state index contributed by atoms with van der Waals surface area (Å²) >= 11 is 3.50.